The Kier molecular flexibility index (Phi) is 6.35. The Morgan fingerprint density at radius 1 is 0.655 bits per heavy atom. The molecular formula is C23H28O6. The van der Waals surface area contributed by atoms with Gasteiger partial charge in [0.15, 0.2) is 0 Å². The van der Waals surface area contributed by atoms with Gasteiger partial charge in [-0.3, -0.25) is 0 Å². The maximum absolute atomic E-state index is 5.86. The van der Waals surface area contributed by atoms with Crippen LogP contribution in [-0.4, -0.2) is 46.8 Å². The summed E-state index contributed by atoms with van der Waals surface area (Å²) in [5.74, 6) is 2.24. The van der Waals surface area contributed by atoms with E-state index in [0.29, 0.717) is 26.4 Å². The largest absolute Gasteiger partial charge is 0.497 e. The first-order valence-corrected chi connectivity index (χ1v) is 10.00. The maximum atomic E-state index is 5.86. The highest BCUT2D eigenvalue weighted by atomic mass is 17.0. The summed E-state index contributed by atoms with van der Waals surface area (Å²) in [5.41, 5.74) is 2.45. The predicted molar refractivity (Wildman–Crippen MR) is 107 cm³/mol. The molecule has 6 nitrogen and oxygen atoms in total. The fourth-order valence-electron chi connectivity index (χ4n) is 3.65. The molecular weight excluding hydrogens is 372 g/mol. The summed E-state index contributed by atoms with van der Waals surface area (Å²) in [5, 5.41) is 0. The SMILES string of the molecule is COc1ccc(CC2COC3(OC2)OCC(Cc2ccc(OC)cc2)CO3)cc1. The van der Waals surface area contributed by atoms with Gasteiger partial charge in [-0.05, 0) is 48.2 Å². The van der Waals surface area contributed by atoms with Crippen molar-refractivity contribution in [3.63, 3.8) is 0 Å². The van der Waals surface area contributed by atoms with Gasteiger partial charge < -0.3 is 28.4 Å². The average molecular weight is 400 g/mol. The lowest BCUT2D eigenvalue weighted by atomic mass is 10.00. The second-order valence-corrected chi connectivity index (χ2v) is 7.58. The number of ether oxygens (including phenoxy) is 6. The van der Waals surface area contributed by atoms with Crippen LogP contribution in [0.1, 0.15) is 11.1 Å². The molecule has 2 fully saturated rings. The Hall–Kier alpha value is -2.12. The molecule has 0 aromatic heterocycles. The number of hydrogen-bond acceptors (Lipinski definition) is 6. The third kappa shape index (κ3) is 5.08. The quantitative estimate of drug-likeness (QED) is 0.741. The van der Waals surface area contributed by atoms with Crippen LogP contribution in [0.25, 0.3) is 0 Å². The van der Waals surface area contributed by atoms with Crippen molar-refractivity contribution in [3.05, 3.63) is 59.7 Å². The molecule has 0 amide bonds. The van der Waals surface area contributed by atoms with E-state index in [0.717, 1.165) is 24.3 Å². The van der Waals surface area contributed by atoms with Crippen molar-refractivity contribution in [1.82, 2.24) is 0 Å². The van der Waals surface area contributed by atoms with Crippen LogP contribution in [0.5, 0.6) is 11.5 Å². The fraction of sp³-hybridized carbons (Fsp3) is 0.478. The monoisotopic (exact) mass is 400 g/mol. The smallest absolute Gasteiger partial charge is 0.412 e. The summed E-state index contributed by atoms with van der Waals surface area (Å²) in [7, 11) is 3.34. The number of methoxy groups -OCH3 is 2. The Labute approximate surface area is 171 Å². The molecule has 0 bridgehead atoms. The molecule has 1 spiro atoms. The van der Waals surface area contributed by atoms with E-state index in [9.17, 15) is 0 Å². The van der Waals surface area contributed by atoms with Gasteiger partial charge in [0, 0.05) is 11.8 Å². The summed E-state index contributed by atoms with van der Waals surface area (Å²) in [6, 6.07) is 16.2. The van der Waals surface area contributed by atoms with Gasteiger partial charge in [-0.1, -0.05) is 24.3 Å². The molecule has 0 saturated carbocycles. The minimum absolute atomic E-state index is 0.262. The Morgan fingerprint density at radius 2 is 1.00 bits per heavy atom. The average Bonchev–Trinajstić information content (AvgIpc) is 2.78. The van der Waals surface area contributed by atoms with Crippen molar-refractivity contribution in [1.29, 1.82) is 0 Å². The molecule has 6 heteroatoms. The van der Waals surface area contributed by atoms with E-state index in [-0.39, 0.29) is 11.8 Å². The van der Waals surface area contributed by atoms with Gasteiger partial charge in [-0.25, -0.2) is 0 Å². The normalized spacial score (nSPS) is 27.0. The molecule has 0 aliphatic carbocycles. The van der Waals surface area contributed by atoms with Crippen LogP contribution in [-0.2, 0) is 31.8 Å². The highest BCUT2D eigenvalue weighted by Gasteiger charge is 2.44. The van der Waals surface area contributed by atoms with Gasteiger partial charge in [0.2, 0.25) is 0 Å². The van der Waals surface area contributed by atoms with E-state index in [1.165, 1.54) is 11.1 Å². The molecule has 2 aromatic rings. The lowest BCUT2D eigenvalue weighted by molar-refractivity contribution is -0.534. The maximum Gasteiger partial charge on any atom is 0.412 e. The highest BCUT2D eigenvalue weighted by molar-refractivity contribution is 5.28. The van der Waals surface area contributed by atoms with E-state index in [1.54, 1.807) is 14.2 Å². The second kappa shape index (κ2) is 9.13. The van der Waals surface area contributed by atoms with Gasteiger partial charge in [-0.15, -0.1) is 0 Å². The van der Waals surface area contributed by atoms with Gasteiger partial charge in [0.1, 0.15) is 11.5 Å². The van der Waals surface area contributed by atoms with Crippen molar-refractivity contribution >= 4 is 0 Å². The molecule has 0 unspecified atom stereocenters. The minimum atomic E-state index is -1.34. The highest BCUT2D eigenvalue weighted by Crippen LogP contribution is 2.31. The molecule has 2 aromatic carbocycles. The first-order valence-electron chi connectivity index (χ1n) is 10.00. The molecule has 0 N–H and O–H groups in total. The first kappa shape index (κ1) is 20.2. The van der Waals surface area contributed by atoms with E-state index in [4.69, 9.17) is 28.4 Å². The van der Waals surface area contributed by atoms with Crippen LogP contribution < -0.4 is 9.47 Å². The first-order chi connectivity index (χ1) is 14.2. The van der Waals surface area contributed by atoms with Crippen molar-refractivity contribution in [2.45, 2.75) is 19.0 Å². The third-order valence-electron chi connectivity index (χ3n) is 5.35. The molecule has 4 rings (SSSR count). The number of hydrogen-bond donors (Lipinski definition) is 0. The van der Waals surface area contributed by atoms with Crippen LogP contribution in [0, 0.1) is 11.8 Å². The molecule has 2 aliphatic heterocycles. The number of benzene rings is 2. The van der Waals surface area contributed by atoms with Crippen LogP contribution in [0.3, 0.4) is 0 Å². The Morgan fingerprint density at radius 3 is 1.31 bits per heavy atom. The molecule has 0 radical (unpaired) electrons. The topological polar surface area (TPSA) is 55.4 Å². The zero-order chi connectivity index (χ0) is 20.1. The Bertz CT molecular complexity index is 686. The lowest BCUT2D eigenvalue weighted by Crippen LogP contribution is -2.53. The van der Waals surface area contributed by atoms with Crippen LogP contribution in [0.15, 0.2) is 48.5 Å². The molecule has 29 heavy (non-hydrogen) atoms. The summed E-state index contributed by atoms with van der Waals surface area (Å²) in [6.45, 7) is 2.15. The zero-order valence-corrected chi connectivity index (χ0v) is 17.0. The van der Waals surface area contributed by atoms with Gasteiger partial charge in [0.25, 0.3) is 0 Å². The lowest BCUT2D eigenvalue weighted by Gasteiger charge is -2.42. The Balaban J connectivity index is 1.23. The zero-order valence-electron chi connectivity index (χ0n) is 17.0. The number of rotatable bonds is 6. The molecule has 2 aliphatic rings. The van der Waals surface area contributed by atoms with Crippen LogP contribution in [0.2, 0.25) is 0 Å². The van der Waals surface area contributed by atoms with E-state index in [2.05, 4.69) is 24.3 Å². The van der Waals surface area contributed by atoms with Crippen molar-refractivity contribution in [2.24, 2.45) is 11.8 Å². The van der Waals surface area contributed by atoms with E-state index in [1.807, 2.05) is 24.3 Å². The van der Waals surface area contributed by atoms with Gasteiger partial charge >= 0.3 is 6.16 Å². The summed E-state index contributed by atoms with van der Waals surface area (Å²) >= 11 is 0. The van der Waals surface area contributed by atoms with Gasteiger partial charge in [0.05, 0.1) is 40.6 Å². The van der Waals surface area contributed by atoms with Crippen molar-refractivity contribution in [2.75, 3.05) is 40.6 Å². The second-order valence-electron chi connectivity index (χ2n) is 7.58. The summed E-state index contributed by atoms with van der Waals surface area (Å²) in [6.07, 6.45) is 0.410. The van der Waals surface area contributed by atoms with Crippen molar-refractivity contribution in [3.8, 4) is 11.5 Å². The molecule has 156 valence electrons. The van der Waals surface area contributed by atoms with Crippen molar-refractivity contribution < 1.29 is 28.4 Å². The van der Waals surface area contributed by atoms with E-state index < -0.39 is 6.16 Å². The molecule has 2 saturated heterocycles. The standard InChI is InChI=1S/C23H28O6/c1-24-21-7-3-17(4-8-21)11-19-13-26-23(27-14-19)28-15-20(16-29-23)12-18-5-9-22(25-2)10-6-18/h3-10,19-20H,11-16H2,1-2H3. The fourth-order valence-corrected chi connectivity index (χ4v) is 3.65. The predicted octanol–water partition coefficient (Wildman–Crippen LogP) is 3.43. The minimum Gasteiger partial charge on any atom is -0.497 e. The van der Waals surface area contributed by atoms with Gasteiger partial charge in [-0.2, -0.15) is 0 Å². The molecule has 2 heterocycles. The van der Waals surface area contributed by atoms with E-state index >= 15 is 0 Å². The molecule has 0 atom stereocenters. The summed E-state index contributed by atoms with van der Waals surface area (Å²) in [4.78, 5) is 0. The third-order valence-corrected chi connectivity index (χ3v) is 5.35. The van der Waals surface area contributed by atoms with Crippen LogP contribution in [0.4, 0.5) is 0 Å². The summed E-state index contributed by atoms with van der Waals surface area (Å²) < 4.78 is 33.8. The van der Waals surface area contributed by atoms with Crippen LogP contribution >= 0.6 is 0 Å².